The summed E-state index contributed by atoms with van der Waals surface area (Å²) in [5.74, 6) is -2.20. The highest BCUT2D eigenvalue weighted by Gasteiger charge is 2.31. The van der Waals surface area contributed by atoms with E-state index in [1.54, 1.807) is 4.90 Å². The van der Waals surface area contributed by atoms with Crippen LogP contribution in [0.4, 0.5) is 4.39 Å². The lowest BCUT2D eigenvalue weighted by Gasteiger charge is -2.33. The maximum Gasteiger partial charge on any atom is 0.346 e. The average molecular weight is 394 g/mol. The molecule has 1 aromatic rings. The number of benzene rings is 1. The molecule has 2 rings (SSSR count). The number of carboxylic acids is 1. The summed E-state index contributed by atoms with van der Waals surface area (Å²) in [5, 5.41) is 11.9. The van der Waals surface area contributed by atoms with E-state index in [0.717, 1.165) is 25.0 Å². The molecular weight excluding hydrogens is 367 g/mol. The summed E-state index contributed by atoms with van der Waals surface area (Å²) in [7, 11) is 0. The number of nitrogens with one attached hydrogen (secondary N) is 1. The van der Waals surface area contributed by atoms with Crippen molar-refractivity contribution in [2.24, 2.45) is 11.8 Å². The second kappa shape index (κ2) is 10.1. The van der Waals surface area contributed by atoms with Crippen molar-refractivity contribution in [3.8, 4) is 5.75 Å². The van der Waals surface area contributed by atoms with Crippen molar-refractivity contribution >= 4 is 17.8 Å². The van der Waals surface area contributed by atoms with Gasteiger partial charge in [-0.05, 0) is 43.5 Å². The number of likely N-dealkylation sites (tertiary alicyclic amines) is 1. The highest BCUT2D eigenvalue weighted by Crippen LogP contribution is 2.20. The van der Waals surface area contributed by atoms with Gasteiger partial charge in [0.25, 0.3) is 0 Å². The molecule has 3 atom stereocenters. The molecule has 3 unspecified atom stereocenters. The number of hydrogen-bond acceptors (Lipinski definition) is 4. The Balaban J connectivity index is 1.90. The molecule has 7 nitrogen and oxygen atoms in total. The molecule has 2 N–H and O–H groups in total. The van der Waals surface area contributed by atoms with Crippen LogP contribution >= 0.6 is 0 Å². The molecular formula is C20H27FN2O5. The molecule has 1 aromatic carbocycles. The van der Waals surface area contributed by atoms with Gasteiger partial charge in [-0.25, -0.2) is 9.18 Å². The van der Waals surface area contributed by atoms with Gasteiger partial charge in [0.05, 0.1) is 12.5 Å². The van der Waals surface area contributed by atoms with Crippen LogP contribution in [0.5, 0.6) is 5.75 Å². The number of hydrogen-bond donors (Lipinski definition) is 2. The SMILES string of the molecule is CCC(C)C(=O)N1CCCC(C(=O)NCC(Oc2ccc(F)cc2)C(=O)O)C1. The van der Waals surface area contributed by atoms with Crippen molar-refractivity contribution in [3.05, 3.63) is 30.1 Å². The zero-order valence-corrected chi connectivity index (χ0v) is 16.2. The topological polar surface area (TPSA) is 95.9 Å². The van der Waals surface area contributed by atoms with Crippen molar-refractivity contribution in [1.82, 2.24) is 10.2 Å². The first kappa shape index (κ1) is 21.7. The maximum atomic E-state index is 12.9. The van der Waals surface area contributed by atoms with Gasteiger partial charge in [-0.15, -0.1) is 0 Å². The number of ether oxygens (including phenoxy) is 1. The molecule has 0 bridgehead atoms. The van der Waals surface area contributed by atoms with E-state index in [1.165, 1.54) is 12.1 Å². The van der Waals surface area contributed by atoms with E-state index in [9.17, 15) is 23.9 Å². The molecule has 154 valence electrons. The van der Waals surface area contributed by atoms with E-state index in [0.29, 0.717) is 19.5 Å². The zero-order chi connectivity index (χ0) is 20.7. The molecule has 8 heteroatoms. The third-order valence-electron chi connectivity index (χ3n) is 4.97. The third-order valence-corrected chi connectivity index (χ3v) is 4.97. The molecule has 1 fully saturated rings. The van der Waals surface area contributed by atoms with Gasteiger partial charge in [0.1, 0.15) is 11.6 Å². The predicted octanol–water partition coefficient (Wildman–Crippen LogP) is 2.06. The first-order valence-electron chi connectivity index (χ1n) is 9.53. The molecule has 28 heavy (non-hydrogen) atoms. The summed E-state index contributed by atoms with van der Waals surface area (Å²) >= 11 is 0. The molecule has 1 saturated heterocycles. The van der Waals surface area contributed by atoms with Crippen molar-refractivity contribution in [2.75, 3.05) is 19.6 Å². The Morgan fingerprint density at radius 3 is 2.61 bits per heavy atom. The Hall–Kier alpha value is -2.64. The number of nitrogens with zero attached hydrogens (tertiary/aromatic N) is 1. The standard InChI is InChI=1S/C20H27FN2O5/c1-3-13(2)19(25)23-10-4-5-14(12-23)18(24)22-11-17(20(26)27)28-16-8-6-15(21)7-9-16/h6-9,13-14,17H,3-5,10-12H2,1-2H3,(H,22,24)(H,26,27). The van der Waals surface area contributed by atoms with Gasteiger partial charge in [0.15, 0.2) is 0 Å². The second-order valence-corrected chi connectivity index (χ2v) is 7.08. The predicted molar refractivity (Wildman–Crippen MR) is 100 cm³/mol. The summed E-state index contributed by atoms with van der Waals surface area (Å²) in [6.07, 6.45) is 0.824. The number of aliphatic carboxylic acids is 1. The van der Waals surface area contributed by atoms with E-state index in [-0.39, 0.29) is 35.9 Å². The Morgan fingerprint density at radius 1 is 1.32 bits per heavy atom. The number of carbonyl (C=O) groups is 3. The fraction of sp³-hybridized carbons (Fsp3) is 0.550. The quantitative estimate of drug-likeness (QED) is 0.704. The van der Waals surface area contributed by atoms with Gasteiger partial charge < -0.3 is 20.1 Å². The van der Waals surface area contributed by atoms with Crippen LogP contribution in [-0.2, 0) is 14.4 Å². The molecule has 1 heterocycles. The number of carbonyl (C=O) groups excluding carboxylic acids is 2. The Morgan fingerprint density at radius 2 is 2.00 bits per heavy atom. The lowest BCUT2D eigenvalue weighted by Crippen LogP contribution is -2.49. The molecule has 0 aromatic heterocycles. The highest BCUT2D eigenvalue weighted by molar-refractivity contribution is 5.83. The molecule has 0 saturated carbocycles. The van der Waals surface area contributed by atoms with E-state index in [2.05, 4.69) is 5.32 Å². The van der Waals surface area contributed by atoms with Crippen LogP contribution in [0.25, 0.3) is 0 Å². The minimum Gasteiger partial charge on any atom is -0.478 e. The van der Waals surface area contributed by atoms with Gasteiger partial charge >= 0.3 is 5.97 Å². The first-order valence-corrected chi connectivity index (χ1v) is 9.53. The maximum absolute atomic E-state index is 12.9. The van der Waals surface area contributed by atoms with Crippen LogP contribution in [0.1, 0.15) is 33.1 Å². The lowest BCUT2D eigenvalue weighted by atomic mass is 9.95. The van der Waals surface area contributed by atoms with Crippen LogP contribution in [0.15, 0.2) is 24.3 Å². The molecule has 1 aliphatic heterocycles. The normalized spacial score (nSPS) is 18.8. The van der Waals surface area contributed by atoms with Crippen LogP contribution in [0.3, 0.4) is 0 Å². The van der Waals surface area contributed by atoms with Crippen molar-refractivity contribution in [1.29, 1.82) is 0 Å². The van der Waals surface area contributed by atoms with Gasteiger partial charge in [0, 0.05) is 19.0 Å². The Bertz CT molecular complexity index is 694. The van der Waals surface area contributed by atoms with Crippen LogP contribution in [0, 0.1) is 17.7 Å². The minimum absolute atomic E-state index is 0.0445. The number of piperidine rings is 1. The molecule has 0 radical (unpaired) electrons. The van der Waals surface area contributed by atoms with E-state index in [1.807, 2.05) is 13.8 Å². The van der Waals surface area contributed by atoms with Crippen LogP contribution in [0.2, 0.25) is 0 Å². The zero-order valence-electron chi connectivity index (χ0n) is 16.2. The van der Waals surface area contributed by atoms with E-state index >= 15 is 0 Å². The summed E-state index contributed by atoms with van der Waals surface area (Å²) < 4.78 is 18.3. The molecule has 2 amide bonds. The average Bonchev–Trinajstić information content (AvgIpc) is 2.70. The number of carboxylic acid groups (broad SMARTS) is 1. The minimum atomic E-state index is -1.30. The van der Waals surface area contributed by atoms with Gasteiger partial charge in [-0.3, -0.25) is 9.59 Å². The summed E-state index contributed by atoms with van der Waals surface area (Å²) in [5.41, 5.74) is 0. The third kappa shape index (κ3) is 5.94. The summed E-state index contributed by atoms with van der Waals surface area (Å²) in [4.78, 5) is 38.0. The second-order valence-electron chi connectivity index (χ2n) is 7.08. The smallest absolute Gasteiger partial charge is 0.346 e. The summed E-state index contributed by atoms with van der Waals surface area (Å²) in [6.45, 7) is 4.57. The number of amides is 2. The van der Waals surface area contributed by atoms with Crippen molar-refractivity contribution < 1.29 is 28.6 Å². The monoisotopic (exact) mass is 394 g/mol. The van der Waals surface area contributed by atoms with Crippen molar-refractivity contribution in [3.63, 3.8) is 0 Å². The van der Waals surface area contributed by atoms with Crippen LogP contribution < -0.4 is 10.1 Å². The van der Waals surface area contributed by atoms with Gasteiger partial charge in [0.2, 0.25) is 17.9 Å². The van der Waals surface area contributed by atoms with Crippen molar-refractivity contribution in [2.45, 2.75) is 39.2 Å². The largest absolute Gasteiger partial charge is 0.478 e. The number of rotatable bonds is 8. The molecule has 0 spiro atoms. The fourth-order valence-corrected chi connectivity index (χ4v) is 3.07. The van der Waals surface area contributed by atoms with E-state index < -0.39 is 17.9 Å². The molecule has 1 aliphatic rings. The van der Waals surface area contributed by atoms with Gasteiger partial charge in [-0.2, -0.15) is 0 Å². The first-order chi connectivity index (χ1) is 13.3. The molecule has 0 aliphatic carbocycles. The Labute approximate surface area is 163 Å². The fourth-order valence-electron chi connectivity index (χ4n) is 3.07. The summed E-state index contributed by atoms with van der Waals surface area (Å²) in [6, 6.07) is 4.98. The lowest BCUT2D eigenvalue weighted by molar-refractivity contribution is -0.145. The van der Waals surface area contributed by atoms with E-state index in [4.69, 9.17) is 4.74 Å². The van der Waals surface area contributed by atoms with Crippen LogP contribution in [-0.4, -0.2) is 53.5 Å². The number of halogens is 1. The Kier molecular flexibility index (Phi) is 7.78. The van der Waals surface area contributed by atoms with Gasteiger partial charge in [-0.1, -0.05) is 13.8 Å². The highest BCUT2D eigenvalue weighted by atomic mass is 19.1.